The second-order valence-corrected chi connectivity index (χ2v) is 5.27. The summed E-state index contributed by atoms with van der Waals surface area (Å²) in [5, 5.41) is 12.5. The van der Waals surface area contributed by atoms with Crippen LogP contribution in [0.25, 0.3) is 0 Å². The van der Waals surface area contributed by atoms with E-state index in [1.165, 1.54) is 0 Å². The number of rotatable bonds is 4. The molecule has 1 aromatic heterocycles. The first-order valence-corrected chi connectivity index (χ1v) is 7.10. The maximum Gasteiger partial charge on any atom is 0.253 e. The van der Waals surface area contributed by atoms with Crippen molar-refractivity contribution in [1.82, 2.24) is 4.98 Å². The van der Waals surface area contributed by atoms with Crippen LogP contribution in [-0.4, -0.2) is 29.3 Å². The van der Waals surface area contributed by atoms with Gasteiger partial charge in [0, 0.05) is 24.6 Å². The van der Waals surface area contributed by atoms with Crippen molar-refractivity contribution < 1.29 is 5.11 Å². The Morgan fingerprint density at radius 3 is 2.71 bits per heavy atom. The number of pyridine rings is 1. The SMILES string of the molecule is O=c1c(Nc2ccncc2)c(N2CCCCC2CO)c1=O. The van der Waals surface area contributed by atoms with E-state index in [4.69, 9.17) is 0 Å². The van der Waals surface area contributed by atoms with Gasteiger partial charge in [-0.25, -0.2) is 0 Å². The van der Waals surface area contributed by atoms with Gasteiger partial charge in [-0.15, -0.1) is 0 Å². The van der Waals surface area contributed by atoms with Crippen LogP contribution >= 0.6 is 0 Å². The Morgan fingerprint density at radius 2 is 2.00 bits per heavy atom. The van der Waals surface area contributed by atoms with Gasteiger partial charge in [0.1, 0.15) is 11.4 Å². The molecule has 0 amide bonds. The number of hydrogen-bond acceptors (Lipinski definition) is 6. The zero-order valence-corrected chi connectivity index (χ0v) is 11.6. The summed E-state index contributed by atoms with van der Waals surface area (Å²) < 4.78 is 0. The molecule has 1 saturated heterocycles. The minimum Gasteiger partial charge on any atom is -0.394 e. The molecule has 1 fully saturated rings. The number of aromatic nitrogens is 1. The zero-order valence-electron chi connectivity index (χ0n) is 11.6. The summed E-state index contributed by atoms with van der Waals surface area (Å²) in [5.74, 6) is 0. The summed E-state index contributed by atoms with van der Waals surface area (Å²) in [6.45, 7) is 0.689. The number of aliphatic hydroxyl groups excluding tert-OH is 1. The van der Waals surface area contributed by atoms with E-state index in [0.29, 0.717) is 17.9 Å². The van der Waals surface area contributed by atoms with Gasteiger partial charge < -0.3 is 15.3 Å². The van der Waals surface area contributed by atoms with Crippen molar-refractivity contribution in [2.24, 2.45) is 0 Å². The maximum atomic E-state index is 11.9. The normalized spacial score (nSPS) is 18.9. The maximum absolute atomic E-state index is 11.9. The second-order valence-electron chi connectivity index (χ2n) is 5.27. The minimum atomic E-state index is -0.496. The third-order valence-corrected chi connectivity index (χ3v) is 3.96. The first kappa shape index (κ1) is 13.8. The molecular weight excluding hydrogens is 270 g/mol. The predicted molar refractivity (Wildman–Crippen MR) is 80.9 cm³/mol. The van der Waals surface area contributed by atoms with Gasteiger partial charge in [0.25, 0.3) is 10.9 Å². The summed E-state index contributed by atoms with van der Waals surface area (Å²) in [4.78, 5) is 29.6. The Morgan fingerprint density at radius 1 is 1.24 bits per heavy atom. The highest BCUT2D eigenvalue weighted by molar-refractivity contribution is 5.79. The lowest BCUT2D eigenvalue weighted by Crippen LogP contribution is -2.49. The van der Waals surface area contributed by atoms with E-state index in [1.54, 1.807) is 24.5 Å². The number of nitrogens with zero attached hydrogens (tertiary/aromatic N) is 2. The minimum absolute atomic E-state index is 0.00644. The topological polar surface area (TPSA) is 82.5 Å². The lowest BCUT2D eigenvalue weighted by Gasteiger charge is -2.37. The van der Waals surface area contributed by atoms with Crippen molar-refractivity contribution in [2.45, 2.75) is 25.3 Å². The monoisotopic (exact) mass is 287 g/mol. The van der Waals surface area contributed by atoms with Crippen LogP contribution in [0.2, 0.25) is 0 Å². The predicted octanol–water partition coefficient (Wildman–Crippen LogP) is 0.772. The summed E-state index contributed by atoms with van der Waals surface area (Å²) in [5.41, 5.74) is 0.494. The first-order valence-electron chi connectivity index (χ1n) is 7.10. The van der Waals surface area contributed by atoms with E-state index in [-0.39, 0.29) is 12.6 Å². The molecular formula is C15H17N3O3. The summed E-state index contributed by atoms with van der Waals surface area (Å²) in [6, 6.07) is 3.39. The van der Waals surface area contributed by atoms with Gasteiger partial charge in [0.2, 0.25) is 0 Å². The van der Waals surface area contributed by atoms with E-state index < -0.39 is 10.9 Å². The van der Waals surface area contributed by atoms with Crippen molar-refractivity contribution in [2.75, 3.05) is 23.4 Å². The smallest absolute Gasteiger partial charge is 0.253 e. The van der Waals surface area contributed by atoms with Crippen molar-refractivity contribution in [3.05, 3.63) is 45.0 Å². The van der Waals surface area contributed by atoms with Crippen LogP contribution in [0.1, 0.15) is 19.3 Å². The highest BCUT2D eigenvalue weighted by atomic mass is 16.3. The molecule has 0 aliphatic carbocycles. The molecule has 0 spiro atoms. The van der Waals surface area contributed by atoms with E-state index >= 15 is 0 Å². The summed E-state index contributed by atoms with van der Waals surface area (Å²) in [6.07, 6.45) is 6.06. The molecule has 1 atom stereocenters. The molecule has 0 radical (unpaired) electrons. The molecule has 6 nitrogen and oxygen atoms in total. The third kappa shape index (κ3) is 2.42. The van der Waals surface area contributed by atoms with Gasteiger partial charge in [-0.2, -0.15) is 0 Å². The molecule has 110 valence electrons. The Kier molecular flexibility index (Phi) is 3.70. The molecule has 2 N–H and O–H groups in total. The average Bonchev–Trinajstić information content (AvgIpc) is 2.55. The molecule has 1 aliphatic rings. The van der Waals surface area contributed by atoms with Gasteiger partial charge in [-0.05, 0) is 31.4 Å². The zero-order chi connectivity index (χ0) is 14.8. The third-order valence-electron chi connectivity index (χ3n) is 3.96. The van der Waals surface area contributed by atoms with Crippen LogP contribution in [0.3, 0.4) is 0 Å². The van der Waals surface area contributed by atoms with Gasteiger partial charge in [-0.1, -0.05) is 0 Å². The molecule has 21 heavy (non-hydrogen) atoms. The molecule has 3 rings (SSSR count). The molecule has 2 aromatic rings. The number of nitrogens with one attached hydrogen (secondary N) is 1. The Balaban J connectivity index is 1.91. The molecule has 1 aliphatic heterocycles. The fourth-order valence-corrected chi connectivity index (χ4v) is 2.83. The van der Waals surface area contributed by atoms with E-state index in [9.17, 15) is 14.7 Å². The second kappa shape index (κ2) is 5.65. The summed E-state index contributed by atoms with van der Waals surface area (Å²) >= 11 is 0. The van der Waals surface area contributed by atoms with Crippen molar-refractivity contribution in [3.8, 4) is 0 Å². The van der Waals surface area contributed by atoms with Crippen molar-refractivity contribution >= 4 is 17.1 Å². The number of anilines is 3. The van der Waals surface area contributed by atoms with Crippen LogP contribution in [-0.2, 0) is 0 Å². The fourth-order valence-electron chi connectivity index (χ4n) is 2.83. The lowest BCUT2D eigenvalue weighted by molar-refractivity contribution is 0.240. The van der Waals surface area contributed by atoms with Crippen LogP contribution in [0, 0.1) is 0 Å². The Hall–Kier alpha value is -2.21. The van der Waals surface area contributed by atoms with Crippen molar-refractivity contribution in [1.29, 1.82) is 0 Å². The van der Waals surface area contributed by atoms with Crippen molar-refractivity contribution in [3.63, 3.8) is 0 Å². The van der Waals surface area contributed by atoms with E-state index in [1.807, 2.05) is 4.90 Å². The Labute approximate surface area is 121 Å². The average molecular weight is 287 g/mol. The molecule has 0 bridgehead atoms. The van der Waals surface area contributed by atoms with Crippen LogP contribution < -0.4 is 21.1 Å². The molecule has 2 heterocycles. The molecule has 6 heteroatoms. The number of piperidine rings is 1. The van der Waals surface area contributed by atoms with E-state index in [0.717, 1.165) is 24.9 Å². The lowest BCUT2D eigenvalue weighted by atomic mass is 10.00. The number of aliphatic hydroxyl groups is 1. The van der Waals surface area contributed by atoms with Gasteiger partial charge in [0.15, 0.2) is 0 Å². The van der Waals surface area contributed by atoms with Gasteiger partial charge in [0.05, 0.1) is 12.6 Å². The largest absolute Gasteiger partial charge is 0.394 e. The summed E-state index contributed by atoms with van der Waals surface area (Å²) in [7, 11) is 0. The van der Waals surface area contributed by atoms with Crippen LogP contribution in [0.15, 0.2) is 34.1 Å². The van der Waals surface area contributed by atoms with Crippen LogP contribution in [0.5, 0.6) is 0 Å². The number of hydrogen-bond donors (Lipinski definition) is 2. The highest BCUT2D eigenvalue weighted by Gasteiger charge is 2.31. The standard InChI is InChI=1S/C15H17N3O3/c19-9-11-3-1-2-8-18(11)13-12(14(20)15(13)21)17-10-4-6-16-7-5-10/h4-7,11,19H,1-3,8-9H2,(H,16,17). The van der Waals surface area contributed by atoms with Gasteiger partial charge in [-0.3, -0.25) is 14.6 Å². The molecule has 0 saturated carbocycles. The highest BCUT2D eigenvalue weighted by Crippen LogP contribution is 2.29. The quantitative estimate of drug-likeness (QED) is 0.808. The fraction of sp³-hybridized carbons (Fsp3) is 0.400. The molecule has 1 aromatic carbocycles. The molecule has 1 unspecified atom stereocenters. The first-order chi connectivity index (χ1) is 10.2. The van der Waals surface area contributed by atoms with E-state index in [2.05, 4.69) is 10.3 Å². The Bertz CT molecular complexity index is 692. The van der Waals surface area contributed by atoms with Gasteiger partial charge >= 0.3 is 0 Å². The van der Waals surface area contributed by atoms with Crippen LogP contribution in [0.4, 0.5) is 17.1 Å².